The molecule has 2 atom stereocenters. The minimum Gasteiger partial charge on any atom is -0.430 e. The van der Waals surface area contributed by atoms with E-state index in [9.17, 15) is 24.5 Å². The molecule has 26 heavy (non-hydrogen) atoms. The molecule has 1 saturated heterocycles. The van der Waals surface area contributed by atoms with Crippen LogP contribution in [0.15, 0.2) is 24.3 Å². The zero-order valence-electron chi connectivity index (χ0n) is 14.7. The van der Waals surface area contributed by atoms with Crippen LogP contribution in [0.3, 0.4) is 0 Å². The van der Waals surface area contributed by atoms with Crippen molar-refractivity contribution >= 4 is 24.0 Å². The molecule has 9 nitrogen and oxygen atoms in total. The first-order valence-corrected chi connectivity index (χ1v) is 8.00. The molecule has 140 valence electrons. The molecule has 1 fully saturated rings. The molecule has 9 heteroatoms. The van der Waals surface area contributed by atoms with Crippen molar-refractivity contribution in [2.75, 3.05) is 6.54 Å². The number of rotatable bonds is 7. The van der Waals surface area contributed by atoms with Crippen LogP contribution in [0.1, 0.15) is 26.3 Å². The lowest BCUT2D eigenvalue weighted by atomic mass is 9.88. The van der Waals surface area contributed by atoms with Gasteiger partial charge in [0, 0.05) is 18.7 Å². The van der Waals surface area contributed by atoms with Gasteiger partial charge in [0.15, 0.2) is 0 Å². The average molecular weight is 364 g/mol. The van der Waals surface area contributed by atoms with E-state index in [0.717, 1.165) is 0 Å². The smallest absolute Gasteiger partial charge is 0.430 e. The third-order valence-electron chi connectivity index (χ3n) is 4.30. The second kappa shape index (κ2) is 7.51. The normalized spacial score (nSPS) is 17.9. The Hall–Kier alpha value is -2.97. The average Bonchev–Trinajstić information content (AvgIpc) is 2.58. The second-order valence-corrected chi connectivity index (χ2v) is 6.61. The van der Waals surface area contributed by atoms with E-state index in [0.29, 0.717) is 18.4 Å². The third kappa shape index (κ3) is 4.16. The summed E-state index contributed by atoms with van der Waals surface area (Å²) in [5.41, 5.74) is -0.376. The predicted molar refractivity (Wildman–Crippen MR) is 89.2 cm³/mol. The first-order valence-electron chi connectivity index (χ1n) is 8.00. The SMILES string of the molecule is C[C@@H](OC(=O)OCc1ccc([N+](=O)[O-])cc1)[C@@H]1CN(C(C)(C)C=O)C1=O. The number of non-ortho nitro benzene ring substituents is 1. The summed E-state index contributed by atoms with van der Waals surface area (Å²) in [6, 6.07) is 5.57. The van der Waals surface area contributed by atoms with Crippen molar-refractivity contribution < 1.29 is 28.8 Å². The maximum atomic E-state index is 12.1. The van der Waals surface area contributed by atoms with Crippen LogP contribution in [0.5, 0.6) is 0 Å². The Morgan fingerprint density at radius 1 is 1.42 bits per heavy atom. The molecule has 0 saturated carbocycles. The van der Waals surface area contributed by atoms with E-state index in [1.807, 2.05) is 0 Å². The zero-order chi connectivity index (χ0) is 19.5. The topological polar surface area (TPSA) is 116 Å². The molecule has 2 rings (SSSR count). The molecule has 0 radical (unpaired) electrons. The van der Waals surface area contributed by atoms with E-state index in [2.05, 4.69) is 0 Å². The van der Waals surface area contributed by atoms with E-state index in [1.54, 1.807) is 20.8 Å². The summed E-state index contributed by atoms with van der Waals surface area (Å²) in [6.07, 6.45) is -0.923. The van der Waals surface area contributed by atoms with Gasteiger partial charge < -0.3 is 19.2 Å². The van der Waals surface area contributed by atoms with Crippen molar-refractivity contribution in [2.24, 2.45) is 5.92 Å². The molecule has 0 aromatic heterocycles. The number of likely N-dealkylation sites (tertiary alicyclic amines) is 1. The standard InChI is InChI=1S/C17H20N2O7/c1-11(14-8-18(15(14)21)17(2,3)10-20)26-16(22)25-9-12-4-6-13(7-5-12)19(23)24/h4-7,10-11,14H,8-9H2,1-3H3/t11-,14+/m1/s1. The van der Waals surface area contributed by atoms with E-state index in [1.165, 1.54) is 29.2 Å². The van der Waals surface area contributed by atoms with Crippen LogP contribution in [0, 0.1) is 16.0 Å². The van der Waals surface area contributed by atoms with Gasteiger partial charge >= 0.3 is 6.16 Å². The zero-order valence-corrected chi connectivity index (χ0v) is 14.7. The Bertz CT molecular complexity index is 714. The van der Waals surface area contributed by atoms with Gasteiger partial charge in [-0.3, -0.25) is 14.9 Å². The molecule has 0 aliphatic carbocycles. The van der Waals surface area contributed by atoms with Crippen LogP contribution in [0.25, 0.3) is 0 Å². The van der Waals surface area contributed by atoms with Gasteiger partial charge in [-0.15, -0.1) is 0 Å². The Morgan fingerprint density at radius 2 is 2.04 bits per heavy atom. The summed E-state index contributed by atoms with van der Waals surface area (Å²) in [5, 5.41) is 10.6. The third-order valence-corrected chi connectivity index (χ3v) is 4.30. The molecule has 0 bridgehead atoms. The lowest BCUT2D eigenvalue weighted by molar-refractivity contribution is -0.384. The molecular formula is C17H20N2O7. The summed E-state index contributed by atoms with van der Waals surface area (Å²) in [7, 11) is 0. The van der Waals surface area contributed by atoms with Crippen LogP contribution in [-0.2, 0) is 25.7 Å². The molecule has 1 aliphatic rings. The lowest BCUT2D eigenvalue weighted by Gasteiger charge is -2.47. The minimum absolute atomic E-state index is 0.0590. The van der Waals surface area contributed by atoms with Crippen molar-refractivity contribution in [3.8, 4) is 0 Å². The maximum Gasteiger partial charge on any atom is 0.508 e. The number of nitro groups is 1. The number of carbonyl (C=O) groups is 3. The van der Waals surface area contributed by atoms with Crippen molar-refractivity contribution in [3.63, 3.8) is 0 Å². The van der Waals surface area contributed by atoms with Gasteiger partial charge in [0.2, 0.25) is 5.91 Å². The van der Waals surface area contributed by atoms with Crippen molar-refractivity contribution in [1.82, 2.24) is 4.90 Å². The Balaban J connectivity index is 1.80. The number of aldehydes is 1. The number of carbonyl (C=O) groups excluding carboxylic acids is 3. The second-order valence-electron chi connectivity index (χ2n) is 6.61. The van der Waals surface area contributed by atoms with E-state index >= 15 is 0 Å². The van der Waals surface area contributed by atoms with Gasteiger partial charge in [0.1, 0.15) is 19.0 Å². The fourth-order valence-electron chi connectivity index (χ4n) is 2.51. The van der Waals surface area contributed by atoms with Gasteiger partial charge in [0.25, 0.3) is 5.69 Å². The highest BCUT2D eigenvalue weighted by Crippen LogP contribution is 2.29. The fourth-order valence-corrected chi connectivity index (χ4v) is 2.51. The van der Waals surface area contributed by atoms with E-state index in [-0.39, 0.29) is 18.2 Å². The molecule has 0 N–H and O–H groups in total. The number of nitrogens with zero attached hydrogens (tertiary/aromatic N) is 2. The minimum atomic E-state index is -0.934. The lowest BCUT2D eigenvalue weighted by Crippen LogP contribution is -2.64. The van der Waals surface area contributed by atoms with Crippen LogP contribution in [-0.4, -0.2) is 46.4 Å². The summed E-state index contributed by atoms with van der Waals surface area (Å²) >= 11 is 0. The van der Waals surface area contributed by atoms with E-state index in [4.69, 9.17) is 9.47 Å². The molecule has 1 aliphatic heterocycles. The molecule has 0 unspecified atom stereocenters. The molecule has 1 amide bonds. The highest BCUT2D eigenvalue weighted by Gasteiger charge is 2.48. The molecule has 1 aromatic rings. The van der Waals surface area contributed by atoms with Crippen LogP contribution in [0.4, 0.5) is 10.5 Å². The van der Waals surface area contributed by atoms with E-state index < -0.39 is 28.6 Å². The summed E-state index contributed by atoms with van der Waals surface area (Å²) in [6.45, 7) is 5.07. The van der Waals surface area contributed by atoms with Crippen LogP contribution >= 0.6 is 0 Å². The molecule has 1 aromatic carbocycles. The Kier molecular flexibility index (Phi) is 5.59. The highest BCUT2D eigenvalue weighted by atomic mass is 16.7. The van der Waals surface area contributed by atoms with Crippen LogP contribution < -0.4 is 0 Å². The van der Waals surface area contributed by atoms with Crippen molar-refractivity contribution in [2.45, 2.75) is 39.0 Å². The summed E-state index contributed by atoms with van der Waals surface area (Å²) < 4.78 is 10.1. The number of hydrogen-bond donors (Lipinski definition) is 0. The quantitative estimate of drug-likeness (QED) is 0.239. The highest BCUT2D eigenvalue weighted by molar-refractivity contribution is 5.89. The molecule has 0 spiro atoms. The fraction of sp³-hybridized carbons (Fsp3) is 0.471. The van der Waals surface area contributed by atoms with Crippen LogP contribution in [0.2, 0.25) is 0 Å². The maximum absolute atomic E-state index is 12.1. The van der Waals surface area contributed by atoms with Gasteiger partial charge in [-0.25, -0.2) is 4.79 Å². The number of β-lactam (4-membered cyclic amide) rings is 1. The summed E-state index contributed by atoms with van der Waals surface area (Å²) in [4.78, 5) is 46.4. The largest absolute Gasteiger partial charge is 0.508 e. The van der Waals surface area contributed by atoms with Crippen molar-refractivity contribution in [1.29, 1.82) is 0 Å². The number of hydrogen-bond acceptors (Lipinski definition) is 7. The van der Waals surface area contributed by atoms with Gasteiger partial charge in [-0.2, -0.15) is 0 Å². The van der Waals surface area contributed by atoms with Gasteiger partial charge in [0.05, 0.1) is 16.4 Å². The van der Waals surface area contributed by atoms with Gasteiger partial charge in [-0.05, 0) is 38.5 Å². The van der Waals surface area contributed by atoms with Gasteiger partial charge in [-0.1, -0.05) is 0 Å². The number of benzene rings is 1. The summed E-state index contributed by atoms with van der Waals surface area (Å²) in [5.74, 6) is -0.765. The van der Waals surface area contributed by atoms with Crippen molar-refractivity contribution in [3.05, 3.63) is 39.9 Å². The molecule has 1 heterocycles. The monoisotopic (exact) mass is 364 g/mol. The number of amides is 1. The Morgan fingerprint density at radius 3 is 2.54 bits per heavy atom. The Labute approximate surface area is 150 Å². The number of nitro benzene ring substituents is 1. The first-order chi connectivity index (χ1) is 12.2. The molecular weight excluding hydrogens is 344 g/mol. The first kappa shape index (κ1) is 19.4. The number of ether oxygens (including phenoxy) is 2. The predicted octanol–water partition coefficient (Wildman–Crippen LogP) is 2.07.